The van der Waals surface area contributed by atoms with Gasteiger partial charge in [0, 0.05) is 4.90 Å². The van der Waals surface area contributed by atoms with Gasteiger partial charge in [-0.2, -0.15) is 0 Å². The van der Waals surface area contributed by atoms with E-state index in [1.54, 1.807) is 0 Å². The minimum atomic E-state index is -0.478. The van der Waals surface area contributed by atoms with Crippen LogP contribution in [0.15, 0.2) is 29.2 Å². The second kappa shape index (κ2) is 5.77. The lowest BCUT2D eigenvalue weighted by Gasteiger charge is -2.28. The summed E-state index contributed by atoms with van der Waals surface area (Å²) in [6, 6.07) is 6.76. The number of benzene rings is 1. The maximum atomic E-state index is 13.3. The van der Waals surface area contributed by atoms with Crippen molar-refractivity contribution < 1.29 is 13.5 Å². The monoisotopic (exact) mass is 287 g/mol. The van der Waals surface area contributed by atoms with E-state index < -0.39 is 18.4 Å². The SMILES string of the molecule is CN1C(CF)C(c2ccc(SCF)cc2)OC1(C)C. The van der Waals surface area contributed by atoms with E-state index in [9.17, 15) is 8.78 Å². The van der Waals surface area contributed by atoms with Gasteiger partial charge in [0.2, 0.25) is 0 Å². The van der Waals surface area contributed by atoms with Crippen molar-refractivity contribution in [2.75, 3.05) is 19.7 Å². The summed E-state index contributed by atoms with van der Waals surface area (Å²) in [5.41, 5.74) is 0.455. The minimum Gasteiger partial charge on any atom is -0.351 e. The van der Waals surface area contributed by atoms with Crippen molar-refractivity contribution in [3.8, 4) is 0 Å². The Hall–Kier alpha value is -0.650. The number of ether oxygens (including phenoxy) is 1. The molecule has 2 unspecified atom stereocenters. The second-order valence-electron chi connectivity index (χ2n) is 5.14. The number of likely N-dealkylation sites (N-methyl/N-ethyl adjacent to an activating group) is 1. The first kappa shape index (κ1) is 14.8. The van der Waals surface area contributed by atoms with Gasteiger partial charge in [0.15, 0.2) is 0 Å². The molecule has 1 fully saturated rings. The summed E-state index contributed by atoms with van der Waals surface area (Å²) in [6.07, 6.45) is -0.283. The summed E-state index contributed by atoms with van der Waals surface area (Å²) < 4.78 is 31.4. The van der Waals surface area contributed by atoms with Gasteiger partial charge >= 0.3 is 0 Å². The third-order valence-corrected chi connectivity index (χ3v) is 4.41. The smallest absolute Gasteiger partial charge is 0.139 e. The van der Waals surface area contributed by atoms with Crippen LogP contribution in [0.4, 0.5) is 8.78 Å². The summed E-state index contributed by atoms with van der Waals surface area (Å²) in [7, 11) is 1.87. The van der Waals surface area contributed by atoms with Crippen LogP contribution in [0.2, 0.25) is 0 Å². The standard InChI is InChI=1S/C14H19F2NOS/c1-14(2)17(3)12(8-15)13(18-14)10-4-6-11(7-5-10)19-9-16/h4-7,12-13H,8-9H2,1-3H3. The molecule has 0 bridgehead atoms. The molecule has 1 aliphatic heterocycles. The van der Waals surface area contributed by atoms with Crippen molar-refractivity contribution in [1.29, 1.82) is 0 Å². The van der Waals surface area contributed by atoms with Gasteiger partial charge in [0.25, 0.3) is 0 Å². The molecule has 2 atom stereocenters. The van der Waals surface area contributed by atoms with Gasteiger partial charge in [-0.3, -0.25) is 4.90 Å². The Balaban J connectivity index is 2.21. The van der Waals surface area contributed by atoms with Crippen LogP contribution in [0, 0.1) is 0 Å². The van der Waals surface area contributed by atoms with Crippen LogP contribution < -0.4 is 0 Å². The number of hydrogen-bond acceptors (Lipinski definition) is 3. The fraction of sp³-hybridized carbons (Fsp3) is 0.571. The van der Waals surface area contributed by atoms with Crippen LogP contribution in [-0.2, 0) is 4.74 Å². The molecule has 1 heterocycles. The molecule has 2 rings (SSSR count). The molecule has 5 heteroatoms. The number of rotatable bonds is 4. The highest BCUT2D eigenvalue weighted by atomic mass is 32.2. The quantitative estimate of drug-likeness (QED) is 0.782. The topological polar surface area (TPSA) is 12.5 Å². The van der Waals surface area contributed by atoms with Crippen LogP contribution >= 0.6 is 11.8 Å². The maximum Gasteiger partial charge on any atom is 0.139 e. The molecule has 1 aliphatic rings. The fourth-order valence-electron chi connectivity index (χ4n) is 2.37. The lowest BCUT2D eigenvalue weighted by atomic mass is 10.0. The van der Waals surface area contributed by atoms with Crippen molar-refractivity contribution in [2.24, 2.45) is 0 Å². The van der Waals surface area contributed by atoms with E-state index in [0.717, 1.165) is 22.2 Å². The molecule has 106 valence electrons. The van der Waals surface area contributed by atoms with E-state index in [4.69, 9.17) is 4.74 Å². The van der Waals surface area contributed by atoms with Gasteiger partial charge in [-0.15, -0.1) is 0 Å². The predicted molar refractivity (Wildman–Crippen MR) is 73.7 cm³/mol. The Morgan fingerprint density at radius 3 is 2.42 bits per heavy atom. The Morgan fingerprint density at radius 2 is 1.89 bits per heavy atom. The van der Waals surface area contributed by atoms with E-state index in [1.165, 1.54) is 0 Å². The number of thioether (sulfide) groups is 1. The second-order valence-corrected chi connectivity index (χ2v) is 6.12. The molecule has 19 heavy (non-hydrogen) atoms. The molecule has 0 N–H and O–H groups in total. The van der Waals surface area contributed by atoms with Crippen LogP contribution in [0.1, 0.15) is 25.5 Å². The average Bonchev–Trinajstić information content (AvgIpc) is 2.62. The van der Waals surface area contributed by atoms with Gasteiger partial charge in [-0.1, -0.05) is 23.9 Å². The lowest BCUT2D eigenvalue weighted by molar-refractivity contribution is -0.0684. The summed E-state index contributed by atoms with van der Waals surface area (Å²) >= 11 is 1.14. The average molecular weight is 287 g/mol. The zero-order chi connectivity index (χ0) is 14.0. The lowest BCUT2D eigenvalue weighted by Crippen LogP contribution is -2.41. The molecule has 2 nitrogen and oxygen atoms in total. The van der Waals surface area contributed by atoms with E-state index in [0.29, 0.717) is 0 Å². The highest BCUT2D eigenvalue weighted by Gasteiger charge is 2.45. The van der Waals surface area contributed by atoms with Gasteiger partial charge < -0.3 is 4.74 Å². The van der Waals surface area contributed by atoms with Gasteiger partial charge in [0.1, 0.15) is 24.5 Å². The summed E-state index contributed by atoms with van der Waals surface area (Å²) in [5, 5.41) is 0. The molecular weight excluding hydrogens is 268 g/mol. The molecule has 0 spiro atoms. The third kappa shape index (κ3) is 2.93. The van der Waals surface area contributed by atoms with Crippen LogP contribution in [0.3, 0.4) is 0 Å². The molecule has 0 aliphatic carbocycles. The van der Waals surface area contributed by atoms with Crippen molar-refractivity contribution in [2.45, 2.75) is 36.6 Å². The highest BCUT2D eigenvalue weighted by Crippen LogP contribution is 2.40. The molecule has 0 radical (unpaired) electrons. The Bertz CT molecular complexity index is 424. The maximum absolute atomic E-state index is 13.3. The van der Waals surface area contributed by atoms with Crippen molar-refractivity contribution in [1.82, 2.24) is 4.90 Å². The molecular formula is C14H19F2NOS. The van der Waals surface area contributed by atoms with Gasteiger partial charge in [0.05, 0.1) is 6.04 Å². The molecule has 0 saturated carbocycles. The summed E-state index contributed by atoms with van der Waals surface area (Å²) in [5.74, 6) is 0. The molecule has 0 aromatic heterocycles. The van der Waals surface area contributed by atoms with Crippen molar-refractivity contribution >= 4 is 11.8 Å². The molecule has 1 aromatic carbocycles. The Morgan fingerprint density at radius 1 is 1.26 bits per heavy atom. The first-order valence-electron chi connectivity index (χ1n) is 6.25. The zero-order valence-corrected chi connectivity index (χ0v) is 12.2. The highest BCUT2D eigenvalue weighted by molar-refractivity contribution is 7.99. The van der Waals surface area contributed by atoms with E-state index >= 15 is 0 Å². The number of hydrogen-bond donors (Lipinski definition) is 0. The number of alkyl halides is 2. The Labute approximate surface area is 117 Å². The van der Waals surface area contributed by atoms with Gasteiger partial charge in [-0.25, -0.2) is 8.78 Å². The predicted octanol–water partition coefficient (Wildman–Crippen LogP) is 3.78. The normalized spacial score (nSPS) is 26.8. The van der Waals surface area contributed by atoms with Crippen LogP contribution in [0.25, 0.3) is 0 Å². The summed E-state index contributed by atoms with van der Waals surface area (Å²) in [6.45, 7) is 3.41. The third-order valence-electron chi connectivity index (χ3n) is 3.70. The largest absolute Gasteiger partial charge is 0.351 e. The van der Waals surface area contributed by atoms with Gasteiger partial charge in [-0.05, 0) is 38.6 Å². The van der Waals surface area contributed by atoms with Crippen molar-refractivity contribution in [3.05, 3.63) is 29.8 Å². The molecule has 0 amide bonds. The fourth-order valence-corrected chi connectivity index (χ4v) is 2.82. The van der Waals surface area contributed by atoms with E-state index in [2.05, 4.69) is 0 Å². The van der Waals surface area contributed by atoms with Crippen molar-refractivity contribution in [3.63, 3.8) is 0 Å². The molecule has 1 saturated heterocycles. The molecule has 1 aromatic rings. The number of halogens is 2. The minimum absolute atomic E-state index is 0.283. The van der Waals surface area contributed by atoms with Crippen LogP contribution in [0.5, 0.6) is 0 Å². The van der Waals surface area contributed by atoms with Crippen LogP contribution in [-0.4, -0.2) is 36.4 Å². The van der Waals surface area contributed by atoms with E-state index in [-0.39, 0.29) is 12.1 Å². The first-order valence-corrected chi connectivity index (χ1v) is 7.23. The summed E-state index contributed by atoms with van der Waals surface area (Å²) in [4.78, 5) is 2.79. The first-order chi connectivity index (χ1) is 8.99. The number of nitrogens with zero attached hydrogens (tertiary/aromatic N) is 1. The van der Waals surface area contributed by atoms with E-state index in [1.807, 2.05) is 50.1 Å². The Kier molecular flexibility index (Phi) is 4.48. The zero-order valence-electron chi connectivity index (χ0n) is 11.4.